The van der Waals surface area contributed by atoms with E-state index >= 15 is 0 Å². The third-order valence-electron chi connectivity index (χ3n) is 3.89. The molecule has 1 aliphatic rings. The van der Waals surface area contributed by atoms with Gasteiger partial charge in [-0.3, -0.25) is 4.90 Å². The molecule has 0 bridgehead atoms. The van der Waals surface area contributed by atoms with Crippen molar-refractivity contribution in [1.82, 2.24) is 15.1 Å². The summed E-state index contributed by atoms with van der Waals surface area (Å²) in [5, 5.41) is 3.09. The van der Waals surface area contributed by atoms with Crippen LogP contribution in [0.4, 0.5) is 4.79 Å². The first-order valence-corrected chi connectivity index (χ1v) is 7.36. The highest BCUT2D eigenvalue weighted by Gasteiger charge is 2.25. The smallest absolute Gasteiger partial charge is 0.317 e. The first-order valence-electron chi connectivity index (χ1n) is 7.36. The van der Waals surface area contributed by atoms with E-state index in [0.717, 1.165) is 19.6 Å². The van der Waals surface area contributed by atoms with Crippen LogP contribution in [0.15, 0.2) is 0 Å². The zero-order valence-corrected chi connectivity index (χ0v) is 12.4. The molecule has 1 fully saturated rings. The Balaban J connectivity index is 2.44. The van der Waals surface area contributed by atoms with Crippen molar-refractivity contribution >= 4 is 6.03 Å². The lowest BCUT2D eigenvalue weighted by atomic mass is 10.0. The predicted octanol–water partition coefficient (Wildman–Crippen LogP) is 2.16. The first-order chi connectivity index (χ1) is 8.60. The number of likely N-dealkylation sites (tertiary alicyclic amines) is 1. The predicted molar refractivity (Wildman–Crippen MR) is 75.8 cm³/mol. The first kappa shape index (κ1) is 15.3. The summed E-state index contributed by atoms with van der Waals surface area (Å²) in [4.78, 5) is 16.3. The van der Waals surface area contributed by atoms with Crippen molar-refractivity contribution in [1.29, 1.82) is 0 Å². The maximum Gasteiger partial charge on any atom is 0.317 e. The van der Waals surface area contributed by atoms with Gasteiger partial charge in [-0.25, -0.2) is 4.79 Å². The fourth-order valence-electron chi connectivity index (χ4n) is 2.67. The van der Waals surface area contributed by atoms with Gasteiger partial charge in [0.05, 0.1) is 0 Å². The van der Waals surface area contributed by atoms with Crippen LogP contribution in [0.2, 0.25) is 0 Å². The number of urea groups is 1. The van der Waals surface area contributed by atoms with Crippen LogP contribution in [0.25, 0.3) is 0 Å². The van der Waals surface area contributed by atoms with Gasteiger partial charge in [0, 0.05) is 25.7 Å². The fourth-order valence-corrected chi connectivity index (χ4v) is 2.67. The zero-order valence-electron chi connectivity index (χ0n) is 12.4. The molecule has 18 heavy (non-hydrogen) atoms. The van der Waals surface area contributed by atoms with Crippen LogP contribution < -0.4 is 5.32 Å². The Morgan fingerprint density at radius 3 is 2.22 bits per heavy atom. The Morgan fingerprint density at radius 2 is 1.78 bits per heavy atom. The SMILES string of the molecule is CCN(CC)C(=O)NCC(C(C)C)N1CCCC1. The Morgan fingerprint density at radius 1 is 1.22 bits per heavy atom. The van der Waals surface area contributed by atoms with E-state index in [2.05, 4.69) is 24.1 Å². The minimum atomic E-state index is 0.0739. The molecule has 0 aromatic heterocycles. The van der Waals surface area contributed by atoms with Crippen LogP contribution in [0.1, 0.15) is 40.5 Å². The quantitative estimate of drug-likeness (QED) is 0.789. The molecule has 106 valence electrons. The fraction of sp³-hybridized carbons (Fsp3) is 0.929. The zero-order chi connectivity index (χ0) is 13.5. The van der Waals surface area contributed by atoms with Gasteiger partial charge in [0.15, 0.2) is 0 Å². The molecule has 0 radical (unpaired) electrons. The Bertz CT molecular complexity index is 245. The van der Waals surface area contributed by atoms with E-state index in [9.17, 15) is 4.79 Å². The normalized spacial score (nSPS) is 18.1. The number of nitrogens with one attached hydrogen (secondary N) is 1. The standard InChI is InChI=1S/C14H29N3O/c1-5-16(6-2)14(18)15-11-13(12(3)4)17-9-7-8-10-17/h12-13H,5-11H2,1-4H3,(H,15,18). The highest BCUT2D eigenvalue weighted by atomic mass is 16.2. The molecule has 4 heteroatoms. The summed E-state index contributed by atoms with van der Waals surface area (Å²) in [5.41, 5.74) is 0. The summed E-state index contributed by atoms with van der Waals surface area (Å²) in [6.07, 6.45) is 2.60. The van der Waals surface area contributed by atoms with Crippen molar-refractivity contribution in [2.45, 2.75) is 46.6 Å². The minimum absolute atomic E-state index is 0.0739. The maximum absolute atomic E-state index is 11.9. The Labute approximate surface area is 112 Å². The molecule has 1 heterocycles. The topological polar surface area (TPSA) is 35.6 Å². The molecule has 0 spiro atoms. The molecule has 0 aliphatic carbocycles. The van der Waals surface area contributed by atoms with E-state index in [1.165, 1.54) is 25.9 Å². The van der Waals surface area contributed by atoms with Crippen LogP contribution in [-0.2, 0) is 0 Å². The lowest BCUT2D eigenvalue weighted by molar-refractivity contribution is 0.173. The van der Waals surface area contributed by atoms with E-state index in [1.54, 1.807) is 0 Å². The molecule has 2 amide bonds. The highest BCUT2D eigenvalue weighted by molar-refractivity contribution is 5.74. The summed E-state index contributed by atoms with van der Waals surface area (Å²) < 4.78 is 0. The highest BCUT2D eigenvalue weighted by Crippen LogP contribution is 2.17. The van der Waals surface area contributed by atoms with Crippen LogP contribution in [0.3, 0.4) is 0 Å². The second kappa shape index (κ2) is 7.62. The van der Waals surface area contributed by atoms with Gasteiger partial charge in [0.1, 0.15) is 0 Å². The number of hydrogen-bond acceptors (Lipinski definition) is 2. The molecule has 1 unspecified atom stereocenters. The molecule has 1 aliphatic heterocycles. The molecule has 0 aromatic rings. The van der Waals surface area contributed by atoms with Gasteiger partial charge in [-0.15, -0.1) is 0 Å². The van der Waals surface area contributed by atoms with Crippen molar-refractivity contribution in [3.63, 3.8) is 0 Å². The van der Waals surface area contributed by atoms with Gasteiger partial charge in [-0.2, -0.15) is 0 Å². The summed E-state index contributed by atoms with van der Waals surface area (Å²) in [6, 6.07) is 0.553. The monoisotopic (exact) mass is 255 g/mol. The Hall–Kier alpha value is -0.770. The van der Waals surface area contributed by atoms with E-state index in [0.29, 0.717) is 12.0 Å². The molecule has 1 N–H and O–H groups in total. The van der Waals surface area contributed by atoms with E-state index in [1.807, 2.05) is 18.7 Å². The van der Waals surface area contributed by atoms with Crippen molar-refractivity contribution in [3.05, 3.63) is 0 Å². The van der Waals surface area contributed by atoms with Crippen molar-refractivity contribution in [3.8, 4) is 0 Å². The Kier molecular flexibility index (Phi) is 6.47. The number of nitrogens with zero attached hydrogens (tertiary/aromatic N) is 2. The van der Waals surface area contributed by atoms with Crippen molar-refractivity contribution in [2.24, 2.45) is 5.92 Å². The molecule has 1 atom stereocenters. The molecule has 0 saturated carbocycles. The van der Waals surface area contributed by atoms with Crippen molar-refractivity contribution in [2.75, 3.05) is 32.7 Å². The van der Waals surface area contributed by atoms with Gasteiger partial charge in [-0.05, 0) is 45.7 Å². The molecular weight excluding hydrogens is 226 g/mol. The lowest BCUT2D eigenvalue weighted by Crippen LogP contribution is -2.49. The van der Waals surface area contributed by atoms with Crippen LogP contribution >= 0.6 is 0 Å². The third-order valence-corrected chi connectivity index (χ3v) is 3.89. The van der Waals surface area contributed by atoms with Gasteiger partial charge in [-0.1, -0.05) is 13.8 Å². The summed E-state index contributed by atoms with van der Waals surface area (Å²) in [5.74, 6) is 0.583. The van der Waals surface area contributed by atoms with Crippen LogP contribution in [-0.4, -0.2) is 54.6 Å². The minimum Gasteiger partial charge on any atom is -0.336 e. The van der Waals surface area contributed by atoms with Gasteiger partial charge < -0.3 is 10.2 Å². The average Bonchev–Trinajstić information content (AvgIpc) is 2.84. The number of rotatable bonds is 6. The molecule has 0 aromatic carbocycles. The lowest BCUT2D eigenvalue weighted by Gasteiger charge is -2.31. The summed E-state index contributed by atoms with van der Waals surface area (Å²) in [7, 11) is 0. The van der Waals surface area contributed by atoms with E-state index < -0.39 is 0 Å². The van der Waals surface area contributed by atoms with Gasteiger partial charge in [0.2, 0.25) is 0 Å². The second-order valence-corrected chi connectivity index (χ2v) is 5.41. The van der Waals surface area contributed by atoms with Gasteiger partial charge in [0.25, 0.3) is 0 Å². The molecule has 1 rings (SSSR count). The van der Waals surface area contributed by atoms with Gasteiger partial charge >= 0.3 is 6.03 Å². The van der Waals surface area contributed by atoms with Crippen LogP contribution in [0, 0.1) is 5.92 Å². The van der Waals surface area contributed by atoms with Crippen molar-refractivity contribution < 1.29 is 4.79 Å². The molecule has 1 saturated heterocycles. The molecule has 4 nitrogen and oxygen atoms in total. The second-order valence-electron chi connectivity index (χ2n) is 5.41. The van der Waals surface area contributed by atoms with E-state index in [-0.39, 0.29) is 6.03 Å². The maximum atomic E-state index is 11.9. The number of carbonyl (C=O) groups excluding carboxylic acids is 1. The summed E-state index contributed by atoms with van der Waals surface area (Å²) >= 11 is 0. The third kappa shape index (κ3) is 4.16. The number of amides is 2. The molecular formula is C14H29N3O. The average molecular weight is 255 g/mol. The number of hydrogen-bond donors (Lipinski definition) is 1. The van der Waals surface area contributed by atoms with Crippen LogP contribution in [0.5, 0.6) is 0 Å². The summed E-state index contributed by atoms with van der Waals surface area (Å²) in [6.45, 7) is 13.2. The largest absolute Gasteiger partial charge is 0.336 e. The van der Waals surface area contributed by atoms with E-state index in [4.69, 9.17) is 0 Å². The number of carbonyl (C=O) groups is 1.